The van der Waals surface area contributed by atoms with Crippen molar-refractivity contribution in [3.63, 3.8) is 0 Å². The zero-order valence-corrected chi connectivity index (χ0v) is 12.4. The smallest absolute Gasteiger partial charge is 0.137 e. The van der Waals surface area contributed by atoms with Crippen molar-refractivity contribution in [2.45, 2.75) is 29.7 Å². The van der Waals surface area contributed by atoms with Crippen LogP contribution in [0.15, 0.2) is 46.2 Å². The first-order valence-corrected chi connectivity index (χ1v) is 7.53. The van der Waals surface area contributed by atoms with Gasteiger partial charge in [0.05, 0.1) is 4.90 Å². The highest BCUT2D eigenvalue weighted by Crippen LogP contribution is 2.31. The lowest BCUT2D eigenvalue weighted by Gasteiger charge is -2.08. The minimum Gasteiger partial charge on any atom is -0.313 e. The normalized spacial score (nSPS) is 10.9. The minimum absolute atomic E-state index is 0.146. The maximum Gasteiger partial charge on any atom is 0.137 e. The Morgan fingerprint density at radius 2 is 1.81 bits per heavy atom. The number of halogens is 3. The Morgan fingerprint density at radius 3 is 2.57 bits per heavy atom. The summed E-state index contributed by atoms with van der Waals surface area (Å²) in [6, 6.07) is 7.78. The van der Waals surface area contributed by atoms with Crippen molar-refractivity contribution < 1.29 is 13.2 Å². The predicted octanol–water partition coefficient (Wildman–Crippen LogP) is 4.75. The van der Waals surface area contributed by atoms with Gasteiger partial charge >= 0.3 is 0 Å². The molecule has 0 saturated carbocycles. The fourth-order valence-electron chi connectivity index (χ4n) is 1.87. The molecule has 0 aliphatic rings. The third-order valence-corrected chi connectivity index (χ3v) is 3.81. The summed E-state index contributed by atoms with van der Waals surface area (Å²) in [6.45, 7) is 3.44. The zero-order chi connectivity index (χ0) is 15.2. The Bertz CT molecular complexity index is 616. The second-order valence-corrected chi connectivity index (χ2v) is 5.76. The molecule has 0 amide bonds. The molecule has 0 spiro atoms. The summed E-state index contributed by atoms with van der Waals surface area (Å²) < 4.78 is 40.4. The lowest BCUT2D eigenvalue weighted by molar-refractivity contribution is 0.577. The third-order valence-electron chi connectivity index (χ3n) is 2.81. The minimum atomic E-state index is -0.517. The summed E-state index contributed by atoms with van der Waals surface area (Å²) in [4.78, 5) is 0.695. The van der Waals surface area contributed by atoms with Crippen molar-refractivity contribution in [2.24, 2.45) is 0 Å². The molecule has 1 nitrogen and oxygen atoms in total. The lowest BCUT2D eigenvalue weighted by Crippen LogP contribution is -2.13. The molecule has 0 aliphatic heterocycles. The number of hydrogen-bond acceptors (Lipinski definition) is 2. The number of hydrogen-bond donors (Lipinski definition) is 1. The number of benzene rings is 2. The Kier molecular flexibility index (Phi) is 5.70. The summed E-state index contributed by atoms with van der Waals surface area (Å²) in [5, 5.41) is 3.18. The van der Waals surface area contributed by atoms with Gasteiger partial charge < -0.3 is 5.32 Å². The van der Waals surface area contributed by atoms with E-state index in [9.17, 15) is 13.2 Å². The van der Waals surface area contributed by atoms with Crippen LogP contribution >= 0.6 is 11.8 Å². The van der Waals surface area contributed by atoms with Crippen LogP contribution in [0.4, 0.5) is 13.2 Å². The molecule has 2 aromatic carbocycles. The fraction of sp³-hybridized carbons (Fsp3) is 0.250. The molecule has 2 rings (SSSR count). The number of nitrogens with one attached hydrogen (secondary N) is 1. The molecule has 5 heteroatoms. The maximum absolute atomic E-state index is 13.6. The largest absolute Gasteiger partial charge is 0.313 e. The van der Waals surface area contributed by atoms with Crippen LogP contribution in [0.2, 0.25) is 0 Å². The molecule has 2 aromatic rings. The van der Waals surface area contributed by atoms with E-state index in [1.165, 1.54) is 12.1 Å². The van der Waals surface area contributed by atoms with Crippen molar-refractivity contribution in [1.29, 1.82) is 0 Å². The maximum atomic E-state index is 13.6. The van der Waals surface area contributed by atoms with E-state index in [0.717, 1.165) is 48.5 Å². The molecule has 1 N–H and O–H groups in total. The molecule has 0 atom stereocenters. The van der Waals surface area contributed by atoms with Gasteiger partial charge in [0.1, 0.15) is 17.5 Å². The molecule has 0 radical (unpaired) electrons. The van der Waals surface area contributed by atoms with Gasteiger partial charge in [0.25, 0.3) is 0 Å². The van der Waals surface area contributed by atoms with Crippen molar-refractivity contribution in [3.05, 3.63) is 59.4 Å². The molecular formula is C16H16F3NS. The summed E-state index contributed by atoms with van der Waals surface area (Å²) in [6.07, 6.45) is 0.991. The van der Waals surface area contributed by atoms with Gasteiger partial charge in [0, 0.05) is 11.4 Å². The highest BCUT2D eigenvalue weighted by atomic mass is 32.2. The Morgan fingerprint density at radius 1 is 1.00 bits per heavy atom. The van der Waals surface area contributed by atoms with Crippen LogP contribution in [0, 0.1) is 17.5 Å². The van der Waals surface area contributed by atoms with Crippen LogP contribution in [0.3, 0.4) is 0 Å². The van der Waals surface area contributed by atoms with Gasteiger partial charge in [0.15, 0.2) is 0 Å². The monoisotopic (exact) mass is 311 g/mol. The molecule has 0 fully saturated rings. The molecule has 0 heterocycles. The van der Waals surface area contributed by atoms with Crippen molar-refractivity contribution in [3.8, 4) is 0 Å². The molecular weight excluding hydrogens is 295 g/mol. The zero-order valence-electron chi connectivity index (χ0n) is 11.6. The Hall–Kier alpha value is -1.46. The van der Waals surface area contributed by atoms with Gasteiger partial charge in [-0.25, -0.2) is 13.2 Å². The SMILES string of the molecule is CCCNCc1cc(F)cc(Sc2cc(F)ccc2F)c1. The van der Waals surface area contributed by atoms with Gasteiger partial charge in [-0.15, -0.1) is 0 Å². The molecule has 0 aromatic heterocycles. The molecule has 0 aliphatic carbocycles. The first-order valence-electron chi connectivity index (χ1n) is 6.71. The quantitative estimate of drug-likeness (QED) is 0.772. The van der Waals surface area contributed by atoms with Gasteiger partial charge in [-0.05, 0) is 54.9 Å². The first kappa shape index (κ1) is 15.9. The van der Waals surface area contributed by atoms with Crippen molar-refractivity contribution in [2.75, 3.05) is 6.54 Å². The second-order valence-electron chi connectivity index (χ2n) is 4.65. The van der Waals surface area contributed by atoms with Crippen LogP contribution in [0.5, 0.6) is 0 Å². The molecule has 0 bridgehead atoms. The van der Waals surface area contributed by atoms with Crippen molar-refractivity contribution >= 4 is 11.8 Å². The average Bonchev–Trinajstić information content (AvgIpc) is 2.43. The van der Waals surface area contributed by atoms with E-state index in [1.54, 1.807) is 6.07 Å². The predicted molar refractivity (Wildman–Crippen MR) is 78.9 cm³/mol. The van der Waals surface area contributed by atoms with Gasteiger partial charge in [-0.3, -0.25) is 0 Å². The highest BCUT2D eigenvalue weighted by Gasteiger charge is 2.08. The standard InChI is InChI=1S/C16H16F3NS/c1-2-5-20-10-11-6-13(18)8-14(7-11)21-16-9-12(17)3-4-15(16)19/h3-4,6-9,20H,2,5,10H2,1H3. The topological polar surface area (TPSA) is 12.0 Å². The van der Waals surface area contributed by atoms with E-state index >= 15 is 0 Å². The summed E-state index contributed by atoms with van der Waals surface area (Å²) in [5.41, 5.74) is 0.780. The van der Waals surface area contributed by atoms with Crippen LogP contribution < -0.4 is 5.32 Å². The summed E-state index contributed by atoms with van der Waals surface area (Å²) in [5.74, 6) is -1.42. The van der Waals surface area contributed by atoms with E-state index in [4.69, 9.17) is 0 Å². The summed E-state index contributed by atoms with van der Waals surface area (Å²) in [7, 11) is 0. The van der Waals surface area contributed by atoms with Crippen LogP contribution in [0.25, 0.3) is 0 Å². The van der Waals surface area contributed by atoms with Crippen LogP contribution in [-0.2, 0) is 6.54 Å². The first-order chi connectivity index (χ1) is 10.1. The van der Waals surface area contributed by atoms with E-state index in [2.05, 4.69) is 5.32 Å². The van der Waals surface area contributed by atoms with E-state index in [0.29, 0.717) is 11.4 Å². The highest BCUT2D eigenvalue weighted by molar-refractivity contribution is 7.99. The van der Waals surface area contributed by atoms with Gasteiger partial charge in [-0.2, -0.15) is 0 Å². The van der Waals surface area contributed by atoms with Crippen molar-refractivity contribution in [1.82, 2.24) is 5.32 Å². The Labute approximate surface area is 126 Å². The second kappa shape index (κ2) is 7.52. The molecule has 0 unspecified atom stereocenters. The van der Waals surface area contributed by atoms with Gasteiger partial charge in [0.2, 0.25) is 0 Å². The van der Waals surface area contributed by atoms with Crippen LogP contribution in [-0.4, -0.2) is 6.54 Å². The summed E-state index contributed by atoms with van der Waals surface area (Å²) >= 11 is 1.01. The van der Waals surface area contributed by atoms with E-state index in [-0.39, 0.29) is 10.7 Å². The fourth-order valence-corrected chi connectivity index (χ4v) is 2.85. The Balaban J connectivity index is 2.17. The van der Waals surface area contributed by atoms with E-state index in [1.807, 2.05) is 6.92 Å². The van der Waals surface area contributed by atoms with E-state index < -0.39 is 11.6 Å². The molecule has 21 heavy (non-hydrogen) atoms. The van der Waals surface area contributed by atoms with Gasteiger partial charge in [-0.1, -0.05) is 18.7 Å². The van der Waals surface area contributed by atoms with Crippen LogP contribution in [0.1, 0.15) is 18.9 Å². The molecule has 112 valence electrons. The average molecular weight is 311 g/mol. The number of rotatable bonds is 6. The third kappa shape index (κ3) is 4.79. The molecule has 0 saturated heterocycles. The lowest BCUT2D eigenvalue weighted by atomic mass is 10.2.